The monoisotopic (exact) mass is 395 g/mol. The van der Waals surface area contributed by atoms with Crippen LogP contribution < -0.4 is 9.64 Å². The first-order chi connectivity index (χ1) is 14.8. The predicted molar refractivity (Wildman–Crippen MR) is 124 cm³/mol. The molecule has 3 nitrogen and oxygen atoms in total. The van der Waals surface area contributed by atoms with Crippen molar-refractivity contribution < 1.29 is 4.74 Å². The minimum atomic E-state index is 0.129. The number of ether oxygens (including phenoxy) is 1. The molecule has 30 heavy (non-hydrogen) atoms. The smallest absolute Gasteiger partial charge is 0.143 e. The van der Waals surface area contributed by atoms with E-state index in [9.17, 15) is 0 Å². The van der Waals surface area contributed by atoms with Crippen molar-refractivity contribution in [2.45, 2.75) is 31.4 Å². The number of para-hydroxylation sites is 3. The van der Waals surface area contributed by atoms with Crippen LogP contribution in [0.25, 0.3) is 10.9 Å². The Hall–Kier alpha value is -3.20. The summed E-state index contributed by atoms with van der Waals surface area (Å²) >= 11 is 0. The van der Waals surface area contributed by atoms with Gasteiger partial charge in [0.2, 0.25) is 0 Å². The van der Waals surface area contributed by atoms with Crippen molar-refractivity contribution in [2.24, 2.45) is 0 Å². The average Bonchev–Trinajstić information content (AvgIpc) is 3.22. The third-order valence-electron chi connectivity index (χ3n) is 6.10. The molecule has 1 aliphatic rings. The van der Waals surface area contributed by atoms with Gasteiger partial charge in [0.15, 0.2) is 0 Å². The first-order valence-corrected chi connectivity index (χ1v) is 10.7. The van der Waals surface area contributed by atoms with Gasteiger partial charge in [-0.3, -0.25) is 0 Å². The lowest BCUT2D eigenvalue weighted by Crippen LogP contribution is -2.40. The van der Waals surface area contributed by atoms with Crippen LogP contribution in [0.5, 0.6) is 5.75 Å². The molecule has 2 atom stereocenters. The topological polar surface area (TPSA) is 28.3 Å². The Labute approximate surface area is 178 Å². The fourth-order valence-electron chi connectivity index (χ4n) is 4.60. The number of nitrogens with one attached hydrogen (secondary N) is 1. The van der Waals surface area contributed by atoms with Crippen molar-refractivity contribution in [2.75, 3.05) is 11.4 Å². The van der Waals surface area contributed by atoms with Crippen molar-refractivity contribution in [3.63, 3.8) is 0 Å². The number of anilines is 1. The number of fused-ring (bicyclic) bond motifs is 2. The summed E-state index contributed by atoms with van der Waals surface area (Å²) in [5.41, 5.74) is 5.03. The number of aromatic amines is 1. The van der Waals surface area contributed by atoms with Gasteiger partial charge in [-0.15, -0.1) is 0 Å². The summed E-state index contributed by atoms with van der Waals surface area (Å²) in [6, 6.07) is 27.6. The number of hydrogen-bond acceptors (Lipinski definition) is 2. The highest BCUT2D eigenvalue weighted by molar-refractivity contribution is 5.83. The van der Waals surface area contributed by atoms with Gasteiger partial charge in [0.05, 0.1) is 12.2 Å². The Balaban J connectivity index is 1.40. The van der Waals surface area contributed by atoms with Crippen molar-refractivity contribution in [1.82, 2.24) is 4.98 Å². The van der Waals surface area contributed by atoms with Crippen LogP contribution in [-0.4, -0.2) is 17.6 Å². The molecule has 5 rings (SSSR count). The molecule has 0 spiro atoms. The Morgan fingerprint density at radius 1 is 0.967 bits per heavy atom. The lowest BCUT2D eigenvalue weighted by Gasteiger charge is -2.37. The van der Waals surface area contributed by atoms with Crippen LogP contribution in [0.4, 0.5) is 5.69 Å². The highest BCUT2D eigenvalue weighted by atomic mass is 16.5. The molecule has 3 heteroatoms. The van der Waals surface area contributed by atoms with E-state index in [4.69, 9.17) is 4.74 Å². The number of hydrogen-bond donors (Lipinski definition) is 1. The second kappa shape index (κ2) is 8.27. The number of H-pyrrole nitrogens is 1. The van der Waals surface area contributed by atoms with Gasteiger partial charge in [0, 0.05) is 23.6 Å². The van der Waals surface area contributed by atoms with Crippen molar-refractivity contribution in [3.05, 3.63) is 103 Å². The summed E-state index contributed by atoms with van der Waals surface area (Å²) in [6.45, 7) is 6.03. The van der Waals surface area contributed by atoms with Crippen LogP contribution in [0, 0.1) is 6.92 Å². The Bertz CT molecular complexity index is 1120. The lowest BCUT2D eigenvalue weighted by molar-refractivity contribution is 0.173. The molecule has 0 aliphatic carbocycles. The summed E-state index contributed by atoms with van der Waals surface area (Å²) in [7, 11) is 0. The Kier molecular flexibility index (Phi) is 5.18. The van der Waals surface area contributed by atoms with Crippen LogP contribution in [0.15, 0.2) is 85.1 Å². The number of nitrogens with zero attached hydrogens (tertiary/aromatic N) is 1. The summed E-state index contributed by atoms with van der Waals surface area (Å²) in [5, 5.41) is 1.29. The number of rotatable bonds is 6. The molecule has 0 fully saturated rings. The highest BCUT2D eigenvalue weighted by Gasteiger charge is 2.28. The molecular formula is C27H27N2O. The first-order valence-electron chi connectivity index (χ1n) is 10.7. The van der Waals surface area contributed by atoms with E-state index in [0.29, 0.717) is 5.92 Å². The fraction of sp³-hybridized carbons (Fsp3) is 0.222. The van der Waals surface area contributed by atoms with Gasteiger partial charge in [-0.1, -0.05) is 67.6 Å². The second-order valence-electron chi connectivity index (χ2n) is 8.08. The zero-order valence-corrected chi connectivity index (χ0v) is 17.1. The van der Waals surface area contributed by atoms with E-state index in [1.54, 1.807) is 0 Å². The third kappa shape index (κ3) is 3.68. The minimum Gasteiger partial charge on any atom is -0.486 e. The van der Waals surface area contributed by atoms with Crippen LogP contribution in [0.3, 0.4) is 0 Å². The third-order valence-corrected chi connectivity index (χ3v) is 6.10. The molecule has 1 radical (unpaired) electrons. The standard InChI is InChI=1S/C27H27N2O/c1-2-21(24-17-28-25-13-7-6-12-23(24)25)16-22-19-29(18-20-10-4-3-5-11-20)26-14-8-9-15-27(26)30-22/h3-15,17,21-22,28H,1-2,16,18-19H2. The Morgan fingerprint density at radius 3 is 2.60 bits per heavy atom. The predicted octanol–water partition coefficient (Wildman–Crippen LogP) is 6.33. The van der Waals surface area contributed by atoms with Gasteiger partial charge in [0.1, 0.15) is 11.9 Å². The lowest BCUT2D eigenvalue weighted by atomic mass is 9.90. The molecule has 151 valence electrons. The molecule has 1 aliphatic heterocycles. The summed E-state index contributed by atoms with van der Waals surface area (Å²) in [5.74, 6) is 1.33. The number of aromatic nitrogens is 1. The van der Waals surface area contributed by atoms with Crippen molar-refractivity contribution in [3.8, 4) is 5.75 Å². The van der Waals surface area contributed by atoms with Gasteiger partial charge >= 0.3 is 0 Å². The highest BCUT2D eigenvalue weighted by Crippen LogP contribution is 2.38. The average molecular weight is 396 g/mol. The maximum Gasteiger partial charge on any atom is 0.143 e. The quantitative estimate of drug-likeness (QED) is 0.413. The van der Waals surface area contributed by atoms with Gasteiger partial charge in [-0.25, -0.2) is 0 Å². The maximum atomic E-state index is 6.46. The molecule has 0 amide bonds. The number of benzene rings is 3. The van der Waals surface area contributed by atoms with Gasteiger partial charge < -0.3 is 14.6 Å². The van der Waals surface area contributed by atoms with Gasteiger partial charge in [0.25, 0.3) is 0 Å². The van der Waals surface area contributed by atoms with E-state index >= 15 is 0 Å². The molecule has 1 aromatic heterocycles. The van der Waals surface area contributed by atoms with Crippen LogP contribution in [0.1, 0.15) is 29.9 Å². The van der Waals surface area contributed by atoms with E-state index in [0.717, 1.165) is 31.7 Å². The maximum absolute atomic E-state index is 6.46. The van der Waals surface area contributed by atoms with Gasteiger partial charge in [-0.2, -0.15) is 0 Å². The second-order valence-corrected chi connectivity index (χ2v) is 8.08. The van der Waals surface area contributed by atoms with Gasteiger partial charge in [-0.05, 0) is 48.1 Å². The first kappa shape index (κ1) is 18.8. The minimum absolute atomic E-state index is 0.129. The van der Waals surface area contributed by atoms with Crippen molar-refractivity contribution >= 4 is 16.6 Å². The van der Waals surface area contributed by atoms with Crippen LogP contribution >= 0.6 is 0 Å². The molecule has 0 bridgehead atoms. The van der Waals surface area contributed by atoms with Crippen LogP contribution in [-0.2, 0) is 6.54 Å². The molecule has 4 aromatic rings. The Morgan fingerprint density at radius 2 is 1.73 bits per heavy atom. The van der Waals surface area contributed by atoms with E-state index in [2.05, 4.69) is 102 Å². The summed E-state index contributed by atoms with van der Waals surface area (Å²) in [4.78, 5) is 5.87. The molecule has 2 heterocycles. The van der Waals surface area contributed by atoms with Crippen molar-refractivity contribution in [1.29, 1.82) is 0 Å². The van der Waals surface area contributed by atoms with E-state index in [-0.39, 0.29) is 6.10 Å². The normalized spacial score (nSPS) is 16.8. The fourth-order valence-corrected chi connectivity index (χ4v) is 4.60. The molecule has 1 N–H and O–H groups in total. The molecule has 0 saturated heterocycles. The molecule has 3 aromatic carbocycles. The zero-order valence-electron chi connectivity index (χ0n) is 17.1. The molecule has 0 saturated carbocycles. The molecular weight excluding hydrogens is 368 g/mol. The van der Waals surface area contributed by atoms with E-state index in [1.165, 1.54) is 27.7 Å². The summed E-state index contributed by atoms with van der Waals surface area (Å²) in [6.07, 6.45) is 4.08. The molecule has 2 unspecified atom stereocenters. The van der Waals surface area contributed by atoms with E-state index in [1.807, 2.05) is 0 Å². The largest absolute Gasteiger partial charge is 0.486 e. The van der Waals surface area contributed by atoms with Crippen LogP contribution in [0.2, 0.25) is 0 Å². The SMILES string of the molecule is [CH2]CC(CC1CN(Cc2ccccc2)c2ccccc2O1)c1c[nH]c2ccccc12. The van der Waals surface area contributed by atoms with E-state index < -0.39 is 0 Å². The zero-order chi connectivity index (χ0) is 20.3. The summed E-state index contributed by atoms with van der Waals surface area (Å²) < 4.78 is 6.46.